The molecule has 1 aromatic rings. The van der Waals surface area contributed by atoms with Crippen LogP contribution in [0.4, 0.5) is 14.5 Å². The van der Waals surface area contributed by atoms with Crippen molar-refractivity contribution in [3.8, 4) is 0 Å². The summed E-state index contributed by atoms with van der Waals surface area (Å²) in [6.45, 7) is 0.537. The first-order valence-corrected chi connectivity index (χ1v) is 4.57. The molecule has 0 saturated heterocycles. The fourth-order valence-corrected chi connectivity index (χ4v) is 1.24. The molecule has 0 heterocycles. The van der Waals surface area contributed by atoms with Gasteiger partial charge in [-0.05, 0) is 25.0 Å². The molecule has 3 N–H and O–H groups in total. The van der Waals surface area contributed by atoms with Crippen LogP contribution < -0.4 is 11.1 Å². The Morgan fingerprint density at radius 3 is 2.64 bits per heavy atom. The van der Waals surface area contributed by atoms with Crippen molar-refractivity contribution >= 4 is 5.69 Å². The number of halogens is 2. The predicted octanol–water partition coefficient (Wildman–Crippen LogP) is 1.87. The van der Waals surface area contributed by atoms with E-state index >= 15 is 0 Å². The lowest BCUT2D eigenvalue weighted by atomic mass is 10.2. The van der Waals surface area contributed by atoms with Gasteiger partial charge < -0.3 is 11.1 Å². The second-order valence-corrected chi connectivity index (χ2v) is 3.84. The van der Waals surface area contributed by atoms with Crippen LogP contribution in [0, 0.1) is 11.6 Å². The number of nitrogens with two attached hydrogens (primary N) is 1. The van der Waals surface area contributed by atoms with E-state index in [9.17, 15) is 8.78 Å². The molecule has 1 saturated carbocycles. The van der Waals surface area contributed by atoms with Crippen LogP contribution in [-0.4, -0.2) is 12.1 Å². The molecule has 0 aliphatic heterocycles. The number of anilines is 1. The van der Waals surface area contributed by atoms with E-state index in [0.717, 1.165) is 18.9 Å². The maximum Gasteiger partial charge on any atom is 0.149 e. The molecule has 1 aliphatic carbocycles. The third-order valence-corrected chi connectivity index (χ3v) is 2.45. The zero-order valence-electron chi connectivity index (χ0n) is 7.69. The monoisotopic (exact) mass is 198 g/mol. The minimum atomic E-state index is -0.575. The number of rotatable bonds is 3. The zero-order chi connectivity index (χ0) is 10.2. The summed E-state index contributed by atoms with van der Waals surface area (Å²) >= 11 is 0. The summed E-state index contributed by atoms with van der Waals surface area (Å²) in [6.07, 6.45) is 1.92. The summed E-state index contributed by atoms with van der Waals surface area (Å²) in [6, 6.07) is 3.47. The third-order valence-electron chi connectivity index (χ3n) is 2.45. The lowest BCUT2D eigenvalue weighted by Gasteiger charge is -2.11. The van der Waals surface area contributed by atoms with Crippen LogP contribution >= 0.6 is 0 Å². The van der Waals surface area contributed by atoms with Crippen molar-refractivity contribution in [3.63, 3.8) is 0 Å². The highest BCUT2D eigenvalue weighted by atomic mass is 19.1. The Labute approximate surface area is 81.1 Å². The van der Waals surface area contributed by atoms with Gasteiger partial charge in [-0.15, -0.1) is 0 Å². The summed E-state index contributed by atoms with van der Waals surface area (Å²) in [7, 11) is 0. The van der Waals surface area contributed by atoms with Crippen molar-refractivity contribution in [3.05, 3.63) is 29.8 Å². The largest absolute Gasteiger partial charge is 0.381 e. The van der Waals surface area contributed by atoms with Gasteiger partial charge >= 0.3 is 0 Å². The van der Waals surface area contributed by atoms with Crippen molar-refractivity contribution in [2.75, 3.05) is 11.9 Å². The molecule has 0 atom stereocenters. The summed E-state index contributed by atoms with van der Waals surface area (Å²) in [5.74, 6) is -1.14. The van der Waals surface area contributed by atoms with Gasteiger partial charge in [-0.2, -0.15) is 0 Å². The van der Waals surface area contributed by atoms with E-state index in [-0.39, 0.29) is 5.54 Å². The first kappa shape index (κ1) is 9.40. The van der Waals surface area contributed by atoms with Crippen LogP contribution in [0.25, 0.3) is 0 Å². The van der Waals surface area contributed by atoms with Gasteiger partial charge in [0.05, 0.1) is 5.69 Å². The first-order chi connectivity index (χ1) is 6.59. The van der Waals surface area contributed by atoms with Gasteiger partial charge in [0.1, 0.15) is 11.6 Å². The highest BCUT2D eigenvalue weighted by molar-refractivity contribution is 5.45. The van der Waals surface area contributed by atoms with E-state index in [1.54, 1.807) is 0 Å². The Kier molecular flexibility index (Phi) is 2.15. The van der Waals surface area contributed by atoms with Gasteiger partial charge in [0, 0.05) is 18.2 Å². The lowest BCUT2D eigenvalue weighted by molar-refractivity contribution is 0.583. The molecule has 1 aromatic carbocycles. The fraction of sp³-hybridized carbons (Fsp3) is 0.400. The normalized spacial score (nSPS) is 17.9. The molecule has 2 nitrogen and oxygen atoms in total. The minimum absolute atomic E-state index is 0.180. The summed E-state index contributed by atoms with van der Waals surface area (Å²) in [5.41, 5.74) is 5.94. The minimum Gasteiger partial charge on any atom is -0.381 e. The maximum atomic E-state index is 13.1. The van der Waals surface area contributed by atoms with Crippen LogP contribution in [0.5, 0.6) is 0 Å². The van der Waals surface area contributed by atoms with Gasteiger partial charge in [-0.1, -0.05) is 0 Å². The molecule has 1 fully saturated rings. The predicted molar refractivity (Wildman–Crippen MR) is 51.0 cm³/mol. The van der Waals surface area contributed by atoms with E-state index in [0.29, 0.717) is 12.2 Å². The van der Waals surface area contributed by atoms with E-state index in [1.165, 1.54) is 12.1 Å². The van der Waals surface area contributed by atoms with Crippen LogP contribution in [-0.2, 0) is 0 Å². The van der Waals surface area contributed by atoms with Crippen molar-refractivity contribution in [2.45, 2.75) is 18.4 Å². The molecule has 0 amide bonds. The van der Waals surface area contributed by atoms with Crippen LogP contribution in [0.2, 0.25) is 0 Å². The first-order valence-electron chi connectivity index (χ1n) is 4.57. The standard InChI is InChI=1S/C10H12F2N2/c11-7-1-2-9(8(12)5-7)14-6-10(13)3-4-10/h1-2,5,14H,3-4,6,13H2. The molecule has 0 unspecified atom stereocenters. The van der Waals surface area contributed by atoms with Gasteiger partial charge in [-0.3, -0.25) is 0 Å². The SMILES string of the molecule is NC1(CNc2ccc(F)cc2F)CC1. The lowest BCUT2D eigenvalue weighted by Crippen LogP contribution is -2.31. The molecule has 1 aliphatic rings. The van der Waals surface area contributed by atoms with E-state index in [1.807, 2.05) is 0 Å². The van der Waals surface area contributed by atoms with Crippen molar-refractivity contribution < 1.29 is 8.78 Å². The molecule has 0 bridgehead atoms. The molecule has 4 heteroatoms. The average Bonchev–Trinajstić information content (AvgIpc) is 2.83. The zero-order valence-corrected chi connectivity index (χ0v) is 7.69. The topological polar surface area (TPSA) is 38.0 Å². The highest BCUT2D eigenvalue weighted by Crippen LogP contribution is 2.32. The fourth-order valence-electron chi connectivity index (χ4n) is 1.24. The van der Waals surface area contributed by atoms with Gasteiger partial charge in [0.2, 0.25) is 0 Å². The molecule has 76 valence electrons. The quantitative estimate of drug-likeness (QED) is 0.778. The Balaban J connectivity index is 2.02. The number of benzene rings is 1. The third kappa shape index (κ3) is 2.01. The van der Waals surface area contributed by atoms with Crippen LogP contribution in [0.3, 0.4) is 0 Å². The maximum absolute atomic E-state index is 13.1. The average molecular weight is 198 g/mol. The molecule has 14 heavy (non-hydrogen) atoms. The second-order valence-electron chi connectivity index (χ2n) is 3.84. The Bertz CT molecular complexity index is 348. The molecule has 0 spiro atoms. The van der Waals surface area contributed by atoms with Gasteiger partial charge in [0.25, 0.3) is 0 Å². The molecule has 0 radical (unpaired) electrons. The number of hydrogen-bond donors (Lipinski definition) is 2. The second kappa shape index (κ2) is 3.20. The van der Waals surface area contributed by atoms with Crippen molar-refractivity contribution in [1.29, 1.82) is 0 Å². The summed E-state index contributed by atoms with van der Waals surface area (Å²) < 4.78 is 25.6. The van der Waals surface area contributed by atoms with Gasteiger partial charge in [-0.25, -0.2) is 8.78 Å². The van der Waals surface area contributed by atoms with E-state index in [2.05, 4.69) is 5.32 Å². The molecular formula is C10H12F2N2. The number of nitrogens with one attached hydrogen (secondary N) is 1. The van der Waals surface area contributed by atoms with Gasteiger partial charge in [0.15, 0.2) is 0 Å². The van der Waals surface area contributed by atoms with Crippen molar-refractivity contribution in [2.24, 2.45) is 5.73 Å². The Hall–Kier alpha value is -1.16. The molecule has 0 aromatic heterocycles. The highest BCUT2D eigenvalue weighted by Gasteiger charge is 2.37. The smallest absolute Gasteiger partial charge is 0.149 e. The summed E-state index contributed by atoms with van der Waals surface area (Å²) in [5, 5.41) is 2.88. The van der Waals surface area contributed by atoms with E-state index < -0.39 is 11.6 Å². The van der Waals surface area contributed by atoms with E-state index in [4.69, 9.17) is 5.73 Å². The Morgan fingerprint density at radius 2 is 2.07 bits per heavy atom. The molecule has 2 rings (SSSR count). The van der Waals surface area contributed by atoms with Crippen LogP contribution in [0.1, 0.15) is 12.8 Å². The number of hydrogen-bond acceptors (Lipinski definition) is 2. The summed E-state index contributed by atoms with van der Waals surface area (Å²) in [4.78, 5) is 0. The molecular weight excluding hydrogens is 186 g/mol. The Morgan fingerprint density at radius 1 is 1.36 bits per heavy atom. The van der Waals surface area contributed by atoms with Crippen molar-refractivity contribution in [1.82, 2.24) is 0 Å². The van der Waals surface area contributed by atoms with Crippen LogP contribution in [0.15, 0.2) is 18.2 Å².